The van der Waals surface area contributed by atoms with E-state index in [-0.39, 0.29) is 22.4 Å². The van der Waals surface area contributed by atoms with Crippen LogP contribution < -0.4 is 0 Å². The van der Waals surface area contributed by atoms with Gasteiger partial charge in [-0.25, -0.2) is 0 Å². The first kappa shape index (κ1) is 17.5. The number of hydrogen-bond donors (Lipinski definition) is 0. The highest BCUT2D eigenvalue weighted by Gasteiger charge is 2.34. The van der Waals surface area contributed by atoms with Crippen molar-refractivity contribution in [3.05, 3.63) is 57.8 Å². The molecule has 2 aromatic rings. The third-order valence-corrected chi connectivity index (χ3v) is 3.29. The van der Waals surface area contributed by atoms with Crippen molar-refractivity contribution in [3.8, 4) is 0 Å². The van der Waals surface area contributed by atoms with Crippen LogP contribution in [0.4, 0.5) is 13.2 Å². The molecule has 1 aromatic carbocycles. The molecule has 122 valence electrons. The number of alkyl halides is 3. The number of benzene rings is 1. The molecule has 0 saturated carbocycles. The van der Waals surface area contributed by atoms with Gasteiger partial charge in [0.15, 0.2) is 10.3 Å². The van der Waals surface area contributed by atoms with Gasteiger partial charge in [0.05, 0.1) is 5.56 Å². The quantitative estimate of drug-likeness (QED) is 0.824. The SMILES string of the molecule is O=C(c1cc(Cl)nnc1Cl)N(Cc1ccccc1)CC(F)(F)F. The maximum Gasteiger partial charge on any atom is 0.406 e. The number of hydrogen-bond acceptors (Lipinski definition) is 3. The Morgan fingerprint density at radius 1 is 1.13 bits per heavy atom. The zero-order valence-corrected chi connectivity index (χ0v) is 13.0. The molecule has 0 atom stereocenters. The Morgan fingerprint density at radius 2 is 1.78 bits per heavy atom. The summed E-state index contributed by atoms with van der Waals surface area (Å²) in [5, 5.41) is 6.43. The zero-order valence-electron chi connectivity index (χ0n) is 11.5. The standard InChI is InChI=1S/C14H10Cl2F3N3O/c15-11-6-10(12(16)21-20-11)13(23)22(8-14(17,18)19)7-9-4-2-1-3-5-9/h1-6H,7-8H2. The largest absolute Gasteiger partial charge is 0.406 e. The molecule has 0 fully saturated rings. The number of carbonyl (C=O) groups is 1. The van der Waals surface area contributed by atoms with Crippen LogP contribution in [0.1, 0.15) is 15.9 Å². The topological polar surface area (TPSA) is 46.1 Å². The Kier molecular flexibility index (Phi) is 5.43. The Bertz CT molecular complexity index is 695. The van der Waals surface area contributed by atoms with Crippen molar-refractivity contribution in [3.63, 3.8) is 0 Å². The molecule has 0 aliphatic carbocycles. The first-order chi connectivity index (χ1) is 10.8. The van der Waals surface area contributed by atoms with Crippen molar-refractivity contribution in [2.24, 2.45) is 0 Å². The van der Waals surface area contributed by atoms with Gasteiger partial charge in [0.1, 0.15) is 6.54 Å². The average Bonchev–Trinajstić information content (AvgIpc) is 2.48. The smallest absolute Gasteiger partial charge is 0.325 e. The van der Waals surface area contributed by atoms with E-state index in [0.717, 1.165) is 6.07 Å². The van der Waals surface area contributed by atoms with Crippen LogP contribution in [-0.2, 0) is 6.54 Å². The minimum atomic E-state index is -4.55. The predicted octanol–water partition coefficient (Wildman–Crippen LogP) is 3.99. The van der Waals surface area contributed by atoms with E-state index in [0.29, 0.717) is 10.5 Å². The maximum atomic E-state index is 12.8. The fourth-order valence-corrected chi connectivity index (χ4v) is 2.21. The van der Waals surface area contributed by atoms with E-state index in [1.165, 1.54) is 0 Å². The van der Waals surface area contributed by atoms with Crippen molar-refractivity contribution in [2.75, 3.05) is 6.54 Å². The van der Waals surface area contributed by atoms with Crippen LogP contribution >= 0.6 is 23.2 Å². The van der Waals surface area contributed by atoms with Gasteiger partial charge in [0, 0.05) is 6.54 Å². The number of carbonyl (C=O) groups excluding carboxylic acids is 1. The van der Waals surface area contributed by atoms with Gasteiger partial charge in [-0.1, -0.05) is 53.5 Å². The summed E-state index contributed by atoms with van der Waals surface area (Å²) < 4.78 is 38.4. The molecule has 0 aliphatic heterocycles. The Balaban J connectivity index is 2.32. The van der Waals surface area contributed by atoms with Crippen LogP contribution in [0, 0.1) is 0 Å². The van der Waals surface area contributed by atoms with Crippen molar-refractivity contribution in [1.82, 2.24) is 15.1 Å². The number of nitrogens with zero attached hydrogens (tertiary/aromatic N) is 3. The molecule has 0 bridgehead atoms. The molecule has 0 aliphatic rings. The fraction of sp³-hybridized carbons (Fsp3) is 0.214. The molecule has 4 nitrogen and oxygen atoms in total. The lowest BCUT2D eigenvalue weighted by molar-refractivity contribution is -0.141. The Morgan fingerprint density at radius 3 is 2.39 bits per heavy atom. The number of amides is 1. The van der Waals surface area contributed by atoms with Crippen molar-refractivity contribution < 1.29 is 18.0 Å². The zero-order chi connectivity index (χ0) is 17.0. The molecule has 1 aromatic heterocycles. The number of rotatable bonds is 4. The van der Waals surface area contributed by atoms with E-state index in [9.17, 15) is 18.0 Å². The maximum absolute atomic E-state index is 12.8. The summed E-state index contributed by atoms with van der Waals surface area (Å²) in [6.45, 7) is -1.65. The second kappa shape index (κ2) is 7.14. The van der Waals surface area contributed by atoms with E-state index in [1.54, 1.807) is 30.3 Å². The van der Waals surface area contributed by atoms with Crippen LogP contribution in [0.5, 0.6) is 0 Å². The first-order valence-electron chi connectivity index (χ1n) is 6.35. The third kappa shape index (κ3) is 5.07. The van der Waals surface area contributed by atoms with Crippen molar-refractivity contribution in [1.29, 1.82) is 0 Å². The minimum absolute atomic E-state index is 0.135. The second-order valence-corrected chi connectivity index (χ2v) is 5.38. The van der Waals surface area contributed by atoms with Gasteiger partial charge in [-0.2, -0.15) is 13.2 Å². The fourth-order valence-electron chi connectivity index (χ4n) is 1.89. The van der Waals surface area contributed by atoms with E-state index < -0.39 is 18.6 Å². The van der Waals surface area contributed by atoms with Gasteiger partial charge in [0.2, 0.25) is 0 Å². The second-order valence-electron chi connectivity index (χ2n) is 4.63. The lowest BCUT2D eigenvalue weighted by atomic mass is 10.2. The summed E-state index contributed by atoms with van der Waals surface area (Å²) >= 11 is 11.4. The van der Waals surface area contributed by atoms with Crippen LogP contribution in [0.15, 0.2) is 36.4 Å². The molecule has 1 amide bonds. The summed E-state index contributed by atoms with van der Waals surface area (Å²) in [5.41, 5.74) is 0.321. The first-order valence-corrected chi connectivity index (χ1v) is 7.10. The Labute approximate surface area is 139 Å². The molecular formula is C14H10Cl2F3N3O. The van der Waals surface area contributed by atoms with Gasteiger partial charge in [-0.3, -0.25) is 4.79 Å². The average molecular weight is 364 g/mol. The highest BCUT2D eigenvalue weighted by molar-refractivity contribution is 6.34. The lowest BCUT2D eigenvalue weighted by Gasteiger charge is -2.24. The van der Waals surface area contributed by atoms with Gasteiger partial charge in [0.25, 0.3) is 5.91 Å². The molecule has 0 saturated heterocycles. The molecular weight excluding hydrogens is 354 g/mol. The number of aromatic nitrogens is 2. The Hall–Kier alpha value is -1.86. The van der Waals surface area contributed by atoms with Crippen LogP contribution in [-0.4, -0.2) is 33.7 Å². The summed E-state index contributed by atoms with van der Waals surface area (Å²) in [7, 11) is 0. The van der Waals surface area contributed by atoms with Crippen LogP contribution in [0.25, 0.3) is 0 Å². The highest BCUT2D eigenvalue weighted by atomic mass is 35.5. The normalized spacial score (nSPS) is 11.3. The molecule has 2 rings (SSSR count). The van der Waals surface area contributed by atoms with Crippen LogP contribution in [0.2, 0.25) is 10.3 Å². The molecule has 1 heterocycles. The monoisotopic (exact) mass is 363 g/mol. The van der Waals surface area contributed by atoms with Gasteiger partial charge in [-0.05, 0) is 11.6 Å². The summed E-state index contributed by atoms with van der Waals surface area (Å²) in [5.74, 6) is -0.923. The highest BCUT2D eigenvalue weighted by Crippen LogP contribution is 2.23. The number of halogens is 5. The van der Waals surface area contributed by atoms with Gasteiger partial charge < -0.3 is 4.90 Å². The summed E-state index contributed by atoms with van der Waals surface area (Å²) in [6, 6.07) is 9.40. The molecule has 0 radical (unpaired) electrons. The predicted molar refractivity (Wildman–Crippen MR) is 79.3 cm³/mol. The summed E-state index contributed by atoms with van der Waals surface area (Å²) in [4.78, 5) is 13.0. The van der Waals surface area contributed by atoms with Crippen molar-refractivity contribution >= 4 is 29.1 Å². The van der Waals surface area contributed by atoms with E-state index in [4.69, 9.17) is 23.2 Å². The van der Waals surface area contributed by atoms with E-state index in [2.05, 4.69) is 10.2 Å². The van der Waals surface area contributed by atoms with E-state index in [1.807, 2.05) is 0 Å². The minimum Gasteiger partial charge on any atom is -0.325 e. The van der Waals surface area contributed by atoms with E-state index >= 15 is 0 Å². The molecule has 0 spiro atoms. The van der Waals surface area contributed by atoms with Crippen LogP contribution in [0.3, 0.4) is 0 Å². The molecule has 0 N–H and O–H groups in total. The lowest BCUT2D eigenvalue weighted by Crippen LogP contribution is -2.38. The molecule has 0 unspecified atom stereocenters. The van der Waals surface area contributed by atoms with Gasteiger partial charge in [-0.15, -0.1) is 10.2 Å². The third-order valence-electron chi connectivity index (χ3n) is 2.82. The van der Waals surface area contributed by atoms with Gasteiger partial charge >= 0.3 is 6.18 Å². The van der Waals surface area contributed by atoms with Crippen molar-refractivity contribution in [2.45, 2.75) is 12.7 Å². The summed E-state index contributed by atoms with van der Waals surface area (Å²) in [6.07, 6.45) is -4.55. The molecule has 23 heavy (non-hydrogen) atoms. The molecule has 9 heteroatoms.